The number of carbonyl (C=O) groups is 1. The van der Waals surface area contributed by atoms with Gasteiger partial charge in [0.15, 0.2) is 5.82 Å². The number of anilines is 3. The molecular weight excluding hydrogens is 382 g/mol. The van der Waals surface area contributed by atoms with Gasteiger partial charge in [0.05, 0.1) is 12.2 Å². The number of nitrogens with one attached hydrogen (secondary N) is 2. The molecule has 0 spiro atoms. The van der Waals surface area contributed by atoms with Crippen LogP contribution < -0.4 is 22.1 Å². The second-order valence-corrected chi connectivity index (χ2v) is 7.01. The Kier molecular flexibility index (Phi) is 5.82. The third-order valence-corrected chi connectivity index (χ3v) is 4.84. The van der Waals surface area contributed by atoms with E-state index in [2.05, 4.69) is 25.6 Å². The van der Waals surface area contributed by atoms with E-state index in [9.17, 15) is 4.79 Å². The SMILES string of the molecule is NC(=O)c1ccc(NC2CCOC[C@@H]2N)nc1Nc1cccc(-c2ncccn2)c1. The Hall–Kier alpha value is -3.56. The number of nitrogens with zero attached hydrogens (tertiary/aromatic N) is 3. The van der Waals surface area contributed by atoms with E-state index in [1.165, 1.54) is 0 Å². The van der Waals surface area contributed by atoms with Crippen molar-refractivity contribution in [1.29, 1.82) is 0 Å². The van der Waals surface area contributed by atoms with Crippen LogP contribution in [0.3, 0.4) is 0 Å². The van der Waals surface area contributed by atoms with Crippen LogP contribution in [0.2, 0.25) is 0 Å². The summed E-state index contributed by atoms with van der Waals surface area (Å²) in [5.74, 6) is 1.00. The molecule has 0 aliphatic carbocycles. The molecule has 9 heteroatoms. The topological polar surface area (TPSA) is 141 Å². The molecule has 1 saturated heterocycles. The molecule has 0 radical (unpaired) electrons. The zero-order chi connectivity index (χ0) is 20.9. The molecule has 0 saturated carbocycles. The third-order valence-electron chi connectivity index (χ3n) is 4.84. The van der Waals surface area contributed by atoms with Gasteiger partial charge in [0, 0.05) is 42.3 Å². The van der Waals surface area contributed by atoms with E-state index in [1.54, 1.807) is 30.6 Å². The number of primary amides is 1. The summed E-state index contributed by atoms with van der Waals surface area (Å²) in [6, 6.07) is 12.6. The maximum atomic E-state index is 11.9. The minimum atomic E-state index is -0.568. The number of rotatable bonds is 6. The molecule has 1 amide bonds. The van der Waals surface area contributed by atoms with Gasteiger partial charge in [-0.3, -0.25) is 4.79 Å². The molecule has 4 rings (SSSR count). The molecule has 0 bridgehead atoms. The summed E-state index contributed by atoms with van der Waals surface area (Å²) in [6.45, 7) is 1.14. The van der Waals surface area contributed by atoms with E-state index in [4.69, 9.17) is 16.2 Å². The molecule has 9 nitrogen and oxygen atoms in total. The van der Waals surface area contributed by atoms with Gasteiger partial charge in [-0.25, -0.2) is 15.0 Å². The van der Waals surface area contributed by atoms with Crippen LogP contribution in [0.1, 0.15) is 16.8 Å². The molecule has 2 atom stereocenters. The molecule has 3 heterocycles. The summed E-state index contributed by atoms with van der Waals surface area (Å²) in [5, 5.41) is 6.52. The maximum Gasteiger partial charge on any atom is 0.252 e. The summed E-state index contributed by atoms with van der Waals surface area (Å²) in [6.07, 6.45) is 4.15. The van der Waals surface area contributed by atoms with E-state index in [-0.39, 0.29) is 17.6 Å². The Morgan fingerprint density at radius 2 is 1.97 bits per heavy atom. The highest BCUT2D eigenvalue weighted by Crippen LogP contribution is 2.25. The molecule has 1 aliphatic rings. The molecule has 3 aromatic rings. The Balaban J connectivity index is 1.60. The van der Waals surface area contributed by atoms with Crippen LogP contribution in [-0.2, 0) is 4.74 Å². The first-order valence-corrected chi connectivity index (χ1v) is 9.65. The molecule has 1 aliphatic heterocycles. The van der Waals surface area contributed by atoms with Crippen molar-refractivity contribution in [3.63, 3.8) is 0 Å². The van der Waals surface area contributed by atoms with Crippen molar-refractivity contribution in [2.75, 3.05) is 23.8 Å². The first-order chi connectivity index (χ1) is 14.6. The molecular formula is C21H23N7O2. The minimum Gasteiger partial charge on any atom is -0.380 e. The molecule has 1 aromatic carbocycles. The standard InChI is InChI=1S/C21H23N7O2/c22-16-12-30-10-7-17(16)27-18-6-5-15(19(23)29)21(28-18)26-14-4-1-3-13(11-14)20-24-8-2-9-25-20/h1-6,8-9,11,16-17H,7,10,12,22H2,(H2,23,29)(H2,26,27,28)/t16-,17?/m0/s1. The lowest BCUT2D eigenvalue weighted by molar-refractivity contribution is 0.0752. The molecule has 2 aromatic heterocycles. The van der Waals surface area contributed by atoms with E-state index >= 15 is 0 Å². The zero-order valence-electron chi connectivity index (χ0n) is 16.3. The summed E-state index contributed by atoms with van der Waals surface area (Å²) in [5.41, 5.74) is 13.5. The normalized spacial score (nSPS) is 18.6. The van der Waals surface area contributed by atoms with Gasteiger partial charge in [-0.2, -0.15) is 0 Å². The molecule has 30 heavy (non-hydrogen) atoms. The number of aromatic nitrogens is 3. The predicted octanol–water partition coefficient (Wildman–Crippen LogP) is 1.91. The number of hydrogen-bond acceptors (Lipinski definition) is 8. The van der Waals surface area contributed by atoms with E-state index in [0.29, 0.717) is 30.7 Å². The monoisotopic (exact) mass is 405 g/mol. The van der Waals surface area contributed by atoms with Crippen molar-refractivity contribution in [2.24, 2.45) is 11.5 Å². The lowest BCUT2D eigenvalue weighted by Gasteiger charge is -2.30. The van der Waals surface area contributed by atoms with Crippen molar-refractivity contribution in [3.05, 3.63) is 60.4 Å². The highest BCUT2D eigenvalue weighted by atomic mass is 16.5. The van der Waals surface area contributed by atoms with Crippen molar-refractivity contribution >= 4 is 23.2 Å². The fourth-order valence-electron chi connectivity index (χ4n) is 3.28. The van der Waals surface area contributed by atoms with Gasteiger partial charge in [-0.05, 0) is 36.8 Å². The fraction of sp³-hybridized carbons (Fsp3) is 0.238. The van der Waals surface area contributed by atoms with Crippen LogP contribution in [0.15, 0.2) is 54.9 Å². The Morgan fingerprint density at radius 3 is 2.73 bits per heavy atom. The Bertz CT molecular complexity index is 1030. The Labute approximate surface area is 173 Å². The lowest BCUT2D eigenvalue weighted by Crippen LogP contribution is -2.47. The molecule has 6 N–H and O–H groups in total. The highest BCUT2D eigenvalue weighted by molar-refractivity contribution is 5.98. The van der Waals surface area contributed by atoms with E-state index in [1.807, 2.05) is 24.3 Å². The number of nitrogens with two attached hydrogens (primary N) is 2. The van der Waals surface area contributed by atoms with Crippen molar-refractivity contribution in [2.45, 2.75) is 18.5 Å². The van der Waals surface area contributed by atoms with Crippen LogP contribution in [0.5, 0.6) is 0 Å². The first-order valence-electron chi connectivity index (χ1n) is 9.65. The van der Waals surface area contributed by atoms with Gasteiger partial charge >= 0.3 is 0 Å². The Morgan fingerprint density at radius 1 is 1.13 bits per heavy atom. The number of hydrogen-bond donors (Lipinski definition) is 4. The summed E-state index contributed by atoms with van der Waals surface area (Å²) >= 11 is 0. The number of carbonyl (C=O) groups excluding carboxylic acids is 1. The first kappa shape index (κ1) is 19.7. The van der Waals surface area contributed by atoms with E-state index < -0.39 is 5.91 Å². The predicted molar refractivity (Wildman–Crippen MR) is 114 cm³/mol. The largest absolute Gasteiger partial charge is 0.380 e. The molecule has 1 unspecified atom stereocenters. The second kappa shape index (κ2) is 8.85. The van der Waals surface area contributed by atoms with Gasteiger partial charge in [0.1, 0.15) is 11.6 Å². The third kappa shape index (κ3) is 4.53. The van der Waals surface area contributed by atoms with Crippen molar-refractivity contribution < 1.29 is 9.53 Å². The van der Waals surface area contributed by atoms with Crippen LogP contribution in [0.25, 0.3) is 11.4 Å². The average molecular weight is 405 g/mol. The fourth-order valence-corrected chi connectivity index (χ4v) is 3.28. The lowest BCUT2D eigenvalue weighted by atomic mass is 10.0. The van der Waals surface area contributed by atoms with E-state index in [0.717, 1.165) is 17.7 Å². The average Bonchev–Trinajstić information content (AvgIpc) is 2.76. The molecule has 154 valence electrons. The van der Waals surface area contributed by atoms with Crippen LogP contribution in [0.4, 0.5) is 17.3 Å². The van der Waals surface area contributed by atoms with Crippen LogP contribution in [-0.4, -0.2) is 46.2 Å². The van der Waals surface area contributed by atoms with Crippen LogP contribution in [0, 0.1) is 0 Å². The maximum absolute atomic E-state index is 11.9. The van der Waals surface area contributed by atoms with Gasteiger partial charge in [-0.15, -0.1) is 0 Å². The zero-order valence-corrected chi connectivity index (χ0v) is 16.3. The van der Waals surface area contributed by atoms with Crippen LogP contribution >= 0.6 is 0 Å². The second-order valence-electron chi connectivity index (χ2n) is 7.01. The summed E-state index contributed by atoms with van der Waals surface area (Å²) in [4.78, 5) is 25.0. The van der Waals surface area contributed by atoms with Crippen molar-refractivity contribution in [1.82, 2.24) is 15.0 Å². The van der Waals surface area contributed by atoms with Gasteiger partial charge in [0.2, 0.25) is 0 Å². The van der Waals surface area contributed by atoms with Gasteiger partial charge in [0.25, 0.3) is 5.91 Å². The van der Waals surface area contributed by atoms with Gasteiger partial charge < -0.3 is 26.8 Å². The quantitative estimate of drug-likeness (QED) is 0.487. The van der Waals surface area contributed by atoms with Crippen molar-refractivity contribution in [3.8, 4) is 11.4 Å². The summed E-state index contributed by atoms with van der Waals surface area (Å²) < 4.78 is 5.38. The number of amides is 1. The number of benzene rings is 1. The summed E-state index contributed by atoms with van der Waals surface area (Å²) in [7, 11) is 0. The number of pyridine rings is 1. The highest BCUT2D eigenvalue weighted by Gasteiger charge is 2.23. The van der Waals surface area contributed by atoms with Gasteiger partial charge in [-0.1, -0.05) is 12.1 Å². The number of ether oxygens (including phenoxy) is 1. The molecule has 1 fully saturated rings. The smallest absolute Gasteiger partial charge is 0.252 e. The minimum absolute atomic E-state index is 0.0390.